The average molecular weight is 486 g/mol. The predicted molar refractivity (Wildman–Crippen MR) is 132 cm³/mol. The third-order valence-corrected chi connectivity index (χ3v) is 7.69. The average Bonchev–Trinajstić information content (AvgIpc) is 3.09. The van der Waals surface area contributed by atoms with Crippen LogP contribution in [0.5, 0.6) is 0 Å². The maximum atomic E-state index is 12.9. The summed E-state index contributed by atoms with van der Waals surface area (Å²) in [5.74, 6) is 1.21. The second-order valence-electron chi connectivity index (χ2n) is 11.7. The molecule has 1 aromatic carbocycles. The van der Waals surface area contributed by atoms with Crippen molar-refractivity contribution >= 4 is 30.3 Å². The zero-order chi connectivity index (χ0) is 24.6. The van der Waals surface area contributed by atoms with E-state index in [9.17, 15) is 4.79 Å². The molecule has 0 unspecified atom stereocenters. The number of H-pyrrole nitrogens is 1. The zero-order valence-corrected chi connectivity index (χ0v) is 21.7. The molecule has 5 rings (SSSR count). The smallest absolute Gasteiger partial charge is 0.444 e. The lowest BCUT2D eigenvalue weighted by Gasteiger charge is -2.32. The summed E-state index contributed by atoms with van der Waals surface area (Å²) in [5, 5.41) is 0.461. The number of halogens is 1. The molecule has 2 saturated heterocycles. The van der Waals surface area contributed by atoms with Gasteiger partial charge in [-0.3, -0.25) is 4.90 Å². The lowest BCUT2D eigenvalue weighted by Crippen LogP contribution is -2.41. The van der Waals surface area contributed by atoms with Gasteiger partial charge in [-0.1, -0.05) is 35.9 Å². The summed E-state index contributed by atoms with van der Waals surface area (Å²) < 4.78 is 18.0. The zero-order valence-electron chi connectivity index (χ0n) is 20.9. The molecule has 3 fully saturated rings. The number of fused-ring (bicyclic) bond motifs is 1. The van der Waals surface area contributed by atoms with Gasteiger partial charge in [-0.05, 0) is 72.7 Å². The van der Waals surface area contributed by atoms with Gasteiger partial charge in [0.1, 0.15) is 22.3 Å². The van der Waals surface area contributed by atoms with E-state index in [0.29, 0.717) is 22.6 Å². The van der Waals surface area contributed by atoms with E-state index in [1.165, 1.54) is 0 Å². The summed E-state index contributed by atoms with van der Waals surface area (Å²) in [6.07, 6.45) is 1.61. The van der Waals surface area contributed by atoms with E-state index in [2.05, 4.69) is 4.98 Å². The fourth-order valence-corrected chi connectivity index (χ4v) is 5.02. The maximum Gasteiger partial charge on any atom is 0.494 e. The van der Waals surface area contributed by atoms with Crippen molar-refractivity contribution in [3.8, 4) is 11.3 Å². The fourth-order valence-electron chi connectivity index (χ4n) is 4.77. The normalized spacial score (nSPS) is 27.1. The predicted octanol–water partition coefficient (Wildman–Crippen LogP) is 5.10. The molecule has 0 bridgehead atoms. The third kappa shape index (κ3) is 4.14. The minimum Gasteiger partial charge on any atom is -0.444 e. The van der Waals surface area contributed by atoms with E-state index in [1.54, 1.807) is 0 Å². The SMILES string of the molecule is CC(C)(C)OC(=O)N1[C@@H]2C[C@@H]2C[C@H]1c1nc(-c2ccc(B3OC(C)(C)C(C)(C)O3)cc2)c(Cl)[nH]1. The molecule has 7 nitrogen and oxygen atoms in total. The van der Waals surface area contributed by atoms with Crippen LogP contribution in [-0.4, -0.2) is 50.9 Å². The molecule has 2 aromatic rings. The van der Waals surface area contributed by atoms with E-state index < -0.39 is 23.9 Å². The Morgan fingerprint density at radius 2 is 1.76 bits per heavy atom. The van der Waals surface area contributed by atoms with Gasteiger partial charge in [0.2, 0.25) is 0 Å². The number of benzene rings is 1. The molecule has 34 heavy (non-hydrogen) atoms. The number of ether oxygens (including phenoxy) is 1. The number of hydrogen-bond acceptors (Lipinski definition) is 5. The van der Waals surface area contributed by atoms with Gasteiger partial charge in [-0.25, -0.2) is 9.78 Å². The van der Waals surface area contributed by atoms with Crippen LogP contribution in [0.4, 0.5) is 4.79 Å². The molecule has 3 aliphatic rings. The molecule has 2 aliphatic heterocycles. The van der Waals surface area contributed by atoms with Crippen molar-refractivity contribution in [1.29, 1.82) is 0 Å². The molecule has 1 amide bonds. The Bertz CT molecular complexity index is 1090. The van der Waals surface area contributed by atoms with Crippen LogP contribution in [0.2, 0.25) is 5.15 Å². The lowest BCUT2D eigenvalue weighted by atomic mass is 9.79. The number of piperidine rings is 1. The van der Waals surface area contributed by atoms with Crippen molar-refractivity contribution in [2.75, 3.05) is 0 Å². The molecule has 0 radical (unpaired) electrons. The largest absolute Gasteiger partial charge is 0.494 e. The van der Waals surface area contributed by atoms with Crippen LogP contribution in [0.1, 0.15) is 73.2 Å². The second-order valence-corrected chi connectivity index (χ2v) is 12.1. The highest BCUT2D eigenvalue weighted by atomic mass is 35.5. The number of nitrogens with one attached hydrogen (secondary N) is 1. The first kappa shape index (κ1) is 23.7. The highest BCUT2D eigenvalue weighted by Crippen LogP contribution is 2.53. The summed E-state index contributed by atoms with van der Waals surface area (Å²) in [6.45, 7) is 13.8. The molecule has 1 aliphatic carbocycles. The van der Waals surface area contributed by atoms with Crippen molar-refractivity contribution < 1.29 is 18.8 Å². The summed E-state index contributed by atoms with van der Waals surface area (Å²) >= 11 is 6.58. The third-order valence-electron chi connectivity index (χ3n) is 7.41. The minimum atomic E-state index is -0.542. The maximum absolute atomic E-state index is 12.9. The van der Waals surface area contributed by atoms with Crippen LogP contribution in [0.3, 0.4) is 0 Å². The van der Waals surface area contributed by atoms with Crippen molar-refractivity contribution in [2.24, 2.45) is 5.92 Å². The van der Waals surface area contributed by atoms with Crippen molar-refractivity contribution in [1.82, 2.24) is 14.9 Å². The first-order chi connectivity index (χ1) is 15.8. The number of likely N-dealkylation sites (tertiary alicyclic amines) is 1. The molecule has 182 valence electrons. The summed E-state index contributed by atoms with van der Waals surface area (Å²) in [7, 11) is -0.420. The number of aromatic amines is 1. The molecule has 3 heterocycles. The van der Waals surface area contributed by atoms with E-state index in [4.69, 9.17) is 30.6 Å². The number of imidazole rings is 1. The van der Waals surface area contributed by atoms with E-state index in [1.807, 2.05) is 77.6 Å². The molecule has 1 saturated carbocycles. The number of nitrogens with zero attached hydrogens (tertiary/aromatic N) is 2. The van der Waals surface area contributed by atoms with Gasteiger partial charge < -0.3 is 19.0 Å². The number of carbonyl (C=O) groups is 1. The minimum absolute atomic E-state index is 0.158. The molecule has 1 aromatic heterocycles. The Labute approximate surface area is 206 Å². The van der Waals surface area contributed by atoms with Crippen molar-refractivity contribution in [2.45, 2.75) is 90.2 Å². The van der Waals surface area contributed by atoms with Crippen molar-refractivity contribution in [3.05, 3.63) is 35.2 Å². The Morgan fingerprint density at radius 1 is 1.15 bits per heavy atom. The van der Waals surface area contributed by atoms with E-state index in [-0.39, 0.29) is 18.2 Å². The van der Waals surface area contributed by atoms with Gasteiger partial charge in [0.05, 0.1) is 17.2 Å². The Kier molecular flexibility index (Phi) is 5.39. The summed E-state index contributed by atoms with van der Waals surface area (Å²) in [4.78, 5) is 22.8. The lowest BCUT2D eigenvalue weighted by molar-refractivity contribution is 0.00578. The second kappa shape index (κ2) is 7.74. The van der Waals surface area contributed by atoms with Crippen LogP contribution in [-0.2, 0) is 14.0 Å². The highest BCUT2D eigenvalue weighted by Gasteiger charge is 2.56. The summed E-state index contributed by atoms with van der Waals surface area (Å²) in [6, 6.07) is 7.99. The van der Waals surface area contributed by atoms with Gasteiger partial charge in [0.15, 0.2) is 0 Å². The molecule has 0 spiro atoms. The van der Waals surface area contributed by atoms with Gasteiger partial charge >= 0.3 is 13.2 Å². The monoisotopic (exact) mass is 485 g/mol. The number of hydrogen-bond donors (Lipinski definition) is 1. The van der Waals surface area contributed by atoms with Crippen LogP contribution in [0.15, 0.2) is 24.3 Å². The van der Waals surface area contributed by atoms with Crippen LogP contribution >= 0.6 is 11.6 Å². The molecular weight excluding hydrogens is 453 g/mol. The van der Waals surface area contributed by atoms with Crippen LogP contribution in [0.25, 0.3) is 11.3 Å². The molecule has 9 heteroatoms. The van der Waals surface area contributed by atoms with E-state index >= 15 is 0 Å². The number of rotatable bonds is 3. The first-order valence-corrected chi connectivity index (χ1v) is 12.4. The Balaban J connectivity index is 1.36. The van der Waals surface area contributed by atoms with E-state index in [0.717, 1.165) is 23.9 Å². The van der Waals surface area contributed by atoms with Crippen LogP contribution < -0.4 is 5.46 Å². The van der Waals surface area contributed by atoms with Gasteiger partial charge in [0, 0.05) is 11.6 Å². The highest BCUT2D eigenvalue weighted by molar-refractivity contribution is 6.62. The fraction of sp³-hybridized carbons (Fsp3) is 0.600. The van der Waals surface area contributed by atoms with Gasteiger partial charge in [-0.15, -0.1) is 0 Å². The topological polar surface area (TPSA) is 76.7 Å². The Morgan fingerprint density at radius 3 is 2.35 bits per heavy atom. The number of aromatic nitrogens is 2. The number of amides is 1. The standard InChI is InChI=1S/C25H33BClN3O4/c1-23(2,3)32-22(31)30-17-12-15(17)13-18(30)21-28-19(20(27)29-21)14-8-10-16(11-9-14)26-33-24(4,5)25(6,7)34-26/h8-11,15,17-18H,12-13H2,1-7H3,(H,28,29)/t15-,17-,18+/m1/s1. The van der Waals surface area contributed by atoms with Crippen LogP contribution in [0, 0.1) is 5.92 Å². The van der Waals surface area contributed by atoms with Gasteiger partial charge in [0.25, 0.3) is 0 Å². The summed E-state index contributed by atoms with van der Waals surface area (Å²) in [5.41, 5.74) is 1.18. The van der Waals surface area contributed by atoms with Gasteiger partial charge in [-0.2, -0.15) is 0 Å². The molecule has 3 atom stereocenters. The van der Waals surface area contributed by atoms with Crippen molar-refractivity contribution in [3.63, 3.8) is 0 Å². The number of carbonyl (C=O) groups excluding carboxylic acids is 1. The molecule has 1 N–H and O–H groups in total. The molecular formula is C25H33BClN3O4. The Hall–Kier alpha value is -2.03. The quantitative estimate of drug-likeness (QED) is 0.612. The first-order valence-electron chi connectivity index (χ1n) is 12.0.